The summed E-state index contributed by atoms with van der Waals surface area (Å²) in [6, 6.07) is 7.96. The van der Waals surface area contributed by atoms with Crippen molar-refractivity contribution in [3.8, 4) is 5.75 Å². The van der Waals surface area contributed by atoms with E-state index in [-0.39, 0.29) is 5.54 Å². The van der Waals surface area contributed by atoms with Gasteiger partial charge in [-0.25, -0.2) is 0 Å². The molecule has 0 spiro atoms. The van der Waals surface area contributed by atoms with Gasteiger partial charge >= 0.3 is 0 Å². The van der Waals surface area contributed by atoms with Crippen molar-refractivity contribution in [3.05, 3.63) is 29.8 Å². The molecular formula is C18H29NO2. The van der Waals surface area contributed by atoms with Crippen LogP contribution in [0.25, 0.3) is 0 Å². The summed E-state index contributed by atoms with van der Waals surface area (Å²) in [6.07, 6.45) is 3.09. The first-order valence-electron chi connectivity index (χ1n) is 8.24. The van der Waals surface area contributed by atoms with E-state index in [1.807, 2.05) is 24.3 Å². The van der Waals surface area contributed by atoms with Gasteiger partial charge in [0.05, 0.1) is 12.2 Å². The lowest BCUT2D eigenvalue weighted by atomic mass is 9.85. The summed E-state index contributed by atoms with van der Waals surface area (Å²) < 4.78 is 5.85. The van der Waals surface area contributed by atoms with Crippen molar-refractivity contribution < 1.29 is 9.84 Å². The van der Waals surface area contributed by atoms with Crippen molar-refractivity contribution >= 4 is 0 Å². The van der Waals surface area contributed by atoms with Crippen molar-refractivity contribution in [2.75, 3.05) is 13.1 Å². The number of hydrogen-bond donors (Lipinski definition) is 1. The van der Waals surface area contributed by atoms with Gasteiger partial charge in [0.2, 0.25) is 0 Å². The summed E-state index contributed by atoms with van der Waals surface area (Å²) in [6.45, 7) is 10.5. The molecule has 0 heterocycles. The third kappa shape index (κ3) is 3.58. The maximum Gasteiger partial charge on any atom is 0.120 e. The van der Waals surface area contributed by atoms with Gasteiger partial charge < -0.3 is 9.84 Å². The van der Waals surface area contributed by atoms with Gasteiger partial charge in [0.25, 0.3) is 0 Å². The fraction of sp³-hybridized carbons (Fsp3) is 0.667. The molecule has 2 atom stereocenters. The molecule has 1 N–H and O–H groups in total. The number of nitrogens with zero attached hydrogens (tertiary/aromatic N) is 1. The topological polar surface area (TPSA) is 32.7 Å². The number of ether oxygens (including phenoxy) is 1. The highest BCUT2D eigenvalue weighted by Gasteiger charge is 2.37. The minimum atomic E-state index is -0.509. The Morgan fingerprint density at radius 1 is 1.29 bits per heavy atom. The van der Waals surface area contributed by atoms with Crippen LogP contribution in [0.5, 0.6) is 5.75 Å². The zero-order valence-electron chi connectivity index (χ0n) is 13.8. The van der Waals surface area contributed by atoms with Gasteiger partial charge in [-0.15, -0.1) is 0 Å². The van der Waals surface area contributed by atoms with Crippen molar-refractivity contribution in [1.29, 1.82) is 0 Å². The van der Waals surface area contributed by atoms with E-state index in [9.17, 15) is 5.11 Å². The van der Waals surface area contributed by atoms with Gasteiger partial charge in [0.15, 0.2) is 0 Å². The lowest BCUT2D eigenvalue weighted by Crippen LogP contribution is -2.50. The van der Waals surface area contributed by atoms with Gasteiger partial charge in [-0.3, -0.25) is 4.90 Å². The van der Waals surface area contributed by atoms with Crippen LogP contribution in [0.3, 0.4) is 0 Å². The van der Waals surface area contributed by atoms with Crippen LogP contribution in [-0.4, -0.2) is 34.7 Å². The summed E-state index contributed by atoms with van der Waals surface area (Å²) in [4.78, 5) is 2.34. The van der Waals surface area contributed by atoms with Crippen LogP contribution in [0.1, 0.15) is 58.6 Å². The van der Waals surface area contributed by atoms with Crippen LogP contribution >= 0.6 is 0 Å². The quantitative estimate of drug-likeness (QED) is 0.791. The van der Waals surface area contributed by atoms with E-state index in [4.69, 9.17) is 4.74 Å². The van der Waals surface area contributed by atoms with Gasteiger partial charge in [0.1, 0.15) is 5.75 Å². The van der Waals surface area contributed by atoms with Crippen LogP contribution in [0.2, 0.25) is 0 Å². The molecule has 0 bridgehead atoms. The molecule has 0 aromatic heterocycles. The number of rotatable bonds is 8. The maximum atomic E-state index is 10.9. The number of likely N-dealkylation sites (N-methyl/N-ethyl adjacent to an activating group) is 1. The molecule has 118 valence electrons. The number of aliphatic hydroxyl groups is 1. The van der Waals surface area contributed by atoms with Crippen LogP contribution in [0.4, 0.5) is 0 Å². The molecule has 0 amide bonds. The third-order valence-corrected chi connectivity index (χ3v) is 4.79. The smallest absolute Gasteiger partial charge is 0.120 e. The monoisotopic (exact) mass is 291 g/mol. The minimum Gasteiger partial charge on any atom is -0.490 e. The second kappa shape index (κ2) is 6.80. The largest absolute Gasteiger partial charge is 0.490 e. The zero-order chi connectivity index (χ0) is 15.5. The fourth-order valence-corrected chi connectivity index (χ4v) is 3.03. The fourth-order valence-electron chi connectivity index (χ4n) is 3.03. The van der Waals surface area contributed by atoms with E-state index in [1.54, 1.807) is 0 Å². The molecule has 21 heavy (non-hydrogen) atoms. The molecule has 1 saturated carbocycles. The Balaban J connectivity index is 2.21. The number of hydrogen-bond acceptors (Lipinski definition) is 3. The Morgan fingerprint density at radius 3 is 2.48 bits per heavy atom. The molecule has 3 nitrogen and oxygen atoms in total. The standard InChI is InChI=1S/C18H29NO2/c1-5-18(4,19(6-2)7-3)17(20)14-9-8-10-16(13-14)21-15-11-12-15/h8-10,13,15,17,20H,5-7,11-12H2,1-4H3. The second-order valence-electron chi connectivity index (χ2n) is 6.18. The molecule has 1 aliphatic rings. The first kappa shape index (κ1) is 16.3. The average molecular weight is 291 g/mol. The van der Waals surface area contributed by atoms with Crippen molar-refractivity contribution in [1.82, 2.24) is 4.90 Å². The molecular weight excluding hydrogens is 262 g/mol. The summed E-state index contributed by atoms with van der Waals surface area (Å²) >= 11 is 0. The van der Waals surface area contributed by atoms with Crippen molar-refractivity contribution in [3.63, 3.8) is 0 Å². The van der Waals surface area contributed by atoms with Gasteiger partial charge in [-0.1, -0.05) is 32.9 Å². The van der Waals surface area contributed by atoms with E-state index in [0.29, 0.717) is 6.10 Å². The molecule has 0 saturated heterocycles. The van der Waals surface area contributed by atoms with Gasteiger partial charge in [-0.05, 0) is 57.0 Å². The first-order chi connectivity index (χ1) is 10.0. The van der Waals surface area contributed by atoms with Crippen molar-refractivity contribution in [2.45, 2.75) is 64.7 Å². The summed E-state index contributed by atoms with van der Waals surface area (Å²) in [5.41, 5.74) is 0.700. The van der Waals surface area contributed by atoms with Gasteiger partial charge in [-0.2, -0.15) is 0 Å². The molecule has 1 fully saturated rings. The molecule has 0 aliphatic heterocycles. The predicted octanol–water partition coefficient (Wildman–Crippen LogP) is 3.77. The van der Waals surface area contributed by atoms with Crippen LogP contribution < -0.4 is 4.74 Å². The SMILES string of the molecule is CCN(CC)C(C)(CC)C(O)c1cccc(OC2CC2)c1. The Hall–Kier alpha value is -1.06. The minimum absolute atomic E-state index is 0.248. The second-order valence-corrected chi connectivity index (χ2v) is 6.18. The average Bonchev–Trinajstić information content (AvgIpc) is 3.31. The number of benzene rings is 1. The summed E-state index contributed by atoms with van der Waals surface area (Å²) in [5, 5.41) is 10.9. The zero-order valence-corrected chi connectivity index (χ0v) is 13.8. The lowest BCUT2D eigenvalue weighted by molar-refractivity contribution is -0.0214. The van der Waals surface area contributed by atoms with E-state index in [0.717, 1.165) is 43.7 Å². The predicted molar refractivity (Wildman–Crippen MR) is 86.7 cm³/mol. The summed E-state index contributed by atoms with van der Waals surface area (Å²) in [7, 11) is 0. The van der Waals surface area contributed by atoms with Gasteiger partial charge in [0, 0.05) is 5.54 Å². The highest BCUT2D eigenvalue weighted by Crippen LogP contribution is 2.36. The Kier molecular flexibility index (Phi) is 5.28. The highest BCUT2D eigenvalue weighted by atomic mass is 16.5. The maximum absolute atomic E-state index is 10.9. The number of aliphatic hydroxyl groups excluding tert-OH is 1. The van der Waals surface area contributed by atoms with Crippen LogP contribution in [0, 0.1) is 0 Å². The molecule has 1 aromatic rings. The third-order valence-electron chi connectivity index (χ3n) is 4.79. The molecule has 2 unspecified atom stereocenters. The van der Waals surface area contributed by atoms with Crippen LogP contribution in [-0.2, 0) is 0 Å². The Labute approximate surface area is 128 Å². The van der Waals surface area contributed by atoms with E-state index < -0.39 is 6.10 Å². The van der Waals surface area contributed by atoms with Crippen molar-refractivity contribution in [2.24, 2.45) is 0 Å². The molecule has 3 heteroatoms. The van der Waals surface area contributed by atoms with E-state index in [1.165, 1.54) is 0 Å². The Bertz CT molecular complexity index is 454. The first-order valence-corrected chi connectivity index (χ1v) is 8.24. The molecule has 1 aromatic carbocycles. The lowest BCUT2D eigenvalue weighted by Gasteiger charge is -2.43. The molecule has 0 radical (unpaired) electrons. The Morgan fingerprint density at radius 2 is 1.95 bits per heavy atom. The van der Waals surface area contributed by atoms with E-state index in [2.05, 4.69) is 32.6 Å². The molecule has 2 rings (SSSR count). The molecule has 1 aliphatic carbocycles. The van der Waals surface area contributed by atoms with E-state index >= 15 is 0 Å². The van der Waals surface area contributed by atoms with Crippen LogP contribution in [0.15, 0.2) is 24.3 Å². The normalized spacial score (nSPS) is 19.3. The highest BCUT2D eigenvalue weighted by molar-refractivity contribution is 5.32. The summed E-state index contributed by atoms with van der Waals surface area (Å²) in [5.74, 6) is 0.882.